The molecular formula is C23H27N3O4. The normalized spacial score (nSPS) is 20.0. The minimum Gasteiger partial charge on any atom is -0.508 e. The van der Waals surface area contributed by atoms with Crippen molar-refractivity contribution in [3.63, 3.8) is 0 Å². The third kappa shape index (κ3) is 4.59. The van der Waals surface area contributed by atoms with Crippen LogP contribution in [0, 0.1) is 0 Å². The lowest BCUT2D eigenvalue weighted by molar-refractivity contribution is 0.126. The Morgan fingerprint density at radius 2 is 1.77 bits per heavy atom. The van der Waals surface area contributed by atoms with Crippen molar-refractivity contribution in [2.45, 2.75) is 44.1 Å². The van der Waals surface area contributed by atoms with Gasteiger partial charge in [0, 0.05) is 29.6 Å². The number of nitrogens with two attached hydrogens (primary N) is 1. The molecule has 1 fully saturated rings. The minimum atomic E-state index is -1.09. The third-order valence-electron chi connectivity index (χ3n) is 5.46. The smallest absolute Gasteiger partial charge is 0.204 e. The number of anilines is 1. The van der Waals surface area contributed by atoms with Crippen LogP contribution in [-0.2, 0) is 0 Å². The maximum absolute atomic E-state index is 10.0. The number of nitrogens with one attached hydrogen (secondary N) is 1. The number of ether oxygens (including phenoxy) is 1. The summed E-state index contributed by atoms with van der Waals surface area (Å²) in [5.74, 6) is 1.41. The molecule has 0 radical (unpaired) electrons. The molecule has 0 amide bonds. The summed E-state index contributed by atoms with van der Waals surface area (Å²) in [6.07, 6.45) is 3.83. The van der Waals surface area contributed by atoms with Crippen LogP contribution < -0.4 is 15.8 Å². The standard InChI is InChI=1S/C23H27N3O4/c24-23(29)20-12-5-16(14-21(20)25-15-3-6-17(27)7-4-15)26-13-1-2-22(26)30-19-10-8-18(28)9-11-19/h1-2,5,8-15,17,23,25,27-29H,3-4,6-7,24H2/t15-,17-,23?. The number of nitrogens with zero attached hydrogens (tertiary/aromatic N) is 1. The number of aromatic nitrogens is 1. The molecule has 1 aromatic heterocycles. The number of aromatic hydroxyl groups is 1. The lowest BCUT2D eigenvalue weighted by atomic mass is 9.92. The van der Waals surface area contributed by atoms with Gasteiger partial charge in [-0.2, -0.15) is 0 Å². The summed E-state index contributed by atoms with van der Waals surface area (Å²) in [4.78, 5) is 0. The number of phenolic OH excluding ortho intramolecular Hbond substituents is 1. The Bertz CT molecular complexity index is 976. The summed E-state index contributed by atoms with van der Waals surface area (Å²) >= 11 is 0. The highest BCUT2D eigenvalue weighted by Gasteiger charge is 2.21. The van der Waals surface area contributed by atoms with Crippen molar-refractivity contribution in [2.24, 2.45) is 5.73 Å². The van der Waals surface area contributed by atoms with Gasteiger partial charge in [-0.05, 0) is 68.1 Å². The Balaban J connectivity index is 1.60. The molecule has 7 nitrogen and oxygen atoms in total. The van der Waals surface area contributed by atoms with E-state index in [0.29, 0.717) is 17.2 Å². The van der Waals surface area contributed by atoms with E-state index in [2.05, 4.69) is 5.32 Å². The number of aliphatic hydroxyl groups is 2. The first-order valence-electron chi connectivity index (χ1n) is 10.2. The molecule has 0 saturated heterocycles. The Morgan fingerprint density at radius 1 is 1.03 bits per heavy atom. The van der Waals surface area contributed by atoms with Gasteiger partial charge < -0.3 is 31.1 Å². The van der Waals surface area contributed by atoms with Gasteiger partial charge in [-0.1, -0.05) is 6.07 Å². The van der Waals surface area contributed by atoms with Crippen molar-refractivity contribution < 1.29 is 20.1 Å². The second-order valence-corrected chi connectivity index (χ2v) is 7.68. The monoisotopic (exact) mass is 409 g/mol. The zero-order valence-corrected chi connectivity index (χ0v) is 16.6. The van der Waals surface area contributed by atoms with Gasteiger partial charge in [0.2, 0.25) is 5.88 Å². The maximum atomic E-state index is 10.0. The lowest BCUT2D eigenvalue weighted by Crippen LogP contribution is -2.29. The third-order valence-corrected chi connectivity index (χ3v) is 5.46. The molecule has 6 N–H and O–H groups in total. The van der Waals surface area contributed by atoms with Crippen LogP contribution in [0.3, 0.4) is 0 Å². The maximum Gasteiger partial charge on any atom is 0.204 e. The van der Waals surface area contributed by atoms with Crippen molar-refractivity contribution in [1.82, 2.24) is 4.57 Å². The predicted molar refractivity (Wildman–Crippen MR) is 115 cm³/mol. The molecule has 1 aliphatic rings. The summed E-state index contributed by atoms with van der Waals surface area (Å²) < 4.78 is 7.87. The van der Waals surface area contributed by atoms with E-state index >= 15 is 0 Å². The van der Waals surface area contributed by atoms with Gasteiger partial charge in [0.05, 0.1) is 11.8 Å². The van der Waals surface area contributed by atoms with E-state index in [1.165, 1.54) is 0 Å². The Labute approximate surface area is 175 Å². The minimum absolute atomic E-state index is 0.180. The van der Waals surface area contributed by atoms with Crippen LogP contribution in [0.4, 0.5) is 5.69 Å². The fraction of sp³-hybridized carbons (Fsp3) is 0.304. The molecule has 0 aliphatic heterocycles. The number of aliphatic hydroxyl groups excluding tert-OH is 2. The largest absolute Gasteiger partial charge is 0.508 e. The fourth-order valence-electron chi connectivity index (χ4n) is 3.81. The highest BCUT2D eigenvalue weighted by atomic mass is 16.5. The lowest BCUT2D eigenvalue weighted by Gasteiger charge is -2.28. The zero-order chi connectivity index (χ0) is 21.1. The van der Waals surface area contributed by atoms with Crippen LogP contribution >= 0.6 is 0 Å². The SMILES string of the molecule is NC(O)c1ccc(-n2cccc2Oc2ccc(O)cc2)cc1N[C@H]1CC[C@H](O)CC1. The van der Waals surface area contributed by atoms with E-state index in [1.54, 1.807) is 24.3 Å². The van der Waals surface area contributed by atoms with Crippen LogP contribution in [-0.4, -0.2) is 32.0 Å². The van der Waals surface area contributed by atoms with E-state index in [0.717, 1.165) is 37.1 Å². The van der Waals surface area contributed by atoms with Crippen LogP contribution in [0.15, 0.2) is 60.8 Å². The molecule has 7 heteroatoms. The molecule has 30 heavy (non-hydrogen) atoms. The molecule has 1 saturated carbocycles. The van der Waals surface area contributed by atoms with Crippen LogP contribution in [0.2, 0.25) is 0 Å². The number of rotatable bonds is 6. The molecule has 2 aromatic carbocycles. The predicted octanol–water partition coefficient (Wildman–Crippen LogP) is 3.64. The van der Waals surface area contributed by atoms with Gasteiger partial charge in [-0.15, -0.1) is 0 Å². The molecule has 0 spiro atoms. The first kappa shape index (κ1) is 20.3. The van der Waals surface area contributed by atoms with Gasteiger partial charge in [0.1, 0.15) is 17.7 Å². The topological polar surface area (TPSA) is 113 Å². The Hall–Kier alpha value is -3.00. The van der Waals surface area contributed by atoms with E-state index in [4.69, 9.17) is 10.5 Å². The van der Waals surface area contributed by atoms with Crippen LogP contribution in [0.1, 0.15) is 37.5 Å². The first-order chi connectivity index (χ1) is 14.5. The molecular weight excluding hydrogens is 382 g/mol. The average Bonchev–Trinajstić information content (AvgIpc) is 3.19. The number of hydrogen-bond acceptors (Lipinski definition) is 6. The molecule has 158 valence electrons. The fourth-order valence-corrected chi connectivity index (χ4v) is 3.81. The van der Waals surface area contributed by atoms with Gasteiger partial charge in [0.25, 0.3) is 0 Å². The first-order valence-corrected chi connectivity index (χ1v) is 10.2. The average molecular weight is 409 g/mol. The van der Waals surface area contributed by atoms with Gasteiger partial charge in [0.15, 0.2) is 0 Å². The Morgan fingerprint density at radius 3 is 2.47 bits per heavy atom. The summed E-state index contributed by atoms with van der Waals surface area (Å²) in [6, 6.07) is 16.1. The highest BCUT2D eigenvalue weighted by molar-refractivity contribution is 5.59. The molecule has 4 rings (SSSR count). The van der Waals surface area contributed by atoms with E-state index in [9.17, 15) is 15.3 Å². The van der Waals surface area contributed by atoms with Gasteiger partial charge in [-0.3, -0.25) is 4.57 Å². The number of phenols is 1. The highest BCUT2D eigenvalue weighted by Crippen LogP contribution is 2.31. The molecule has 0 bridgehead atoms. The summed E-state index contributed by atoms with van der Waals surface area (Å²) in [6.45, 7) is 0. The van der Waals surface area contributed by atoms with E-state index in [-0.39, 0.29) is 17.9 Å². The second kappa shape index (κ2) is 8.79. The Kier molecular flexibility index (Phi) is 5.94. The zero-order valence-electron chi connectivity index (χ0n) is 16.6. The summed E-state index contributed by atoms with van der Waals surface area (Å²) in [5, 5.41) is 32.7. The number of hydrogen-bond donors (Lipinski definition) is 5. The van der Waals surface area contributed by atoms with Crippen molar-refractivity contribution in [2.75, 3.05) is 5.32 Å². The van der Waals surface area contributed by atoms with Crippen molar-refractivity contribution in [1.29, 1.82) is 0 Å². The van der Waals surface area contributed by atoms with Crippen molar-refractivity contribution in [3.8, 4) is 23.1 Å². The quantitative estimate of drug-likeness (QED) is 0.397. The van der Waals surface area contributed by atoms with E-state index < -0.39 is 6.23 Å². The van der Waals surface area contributed by atoms with Crippen LogP contribution in [0.25, 0.3) is 5.69 Å². The summed E-state index contributed by atoms with van der Waals surface area (Å²) in [7, 11) is 0. The molecule has 1 atom stereocenters. The van der Waals surface area contributed by atoms with Gasteiger partial charge >= 0.3 is 0 Å². The van der Waals surface area contributed by atoms with Crippen molar-refractivity contribution in [3.05, 3.63) is 66.4 Å². The second-order valence-electron chi connectivity index (χ2n) is 7.68. The molecule has 1 heterocycles. The van der Waals surface area contributed by atoms with E-state index in [1.807, 2.05) is 41.1 Å². The molecule has 1 unspecified atom stereocenters. The molecule has 1 aliphatic carbocycles. The van der Waals surface area contributed by atoms with Crippen molar-refractivity contribution >= 4 is 5.69 Å². The molecule has 3 aromatic rings. The summed E-state index contributed by atoms with van der Waals surface area (Å²) in [5.41, 5.74) is 8.03. The van der Waals surface area contributed by atoms with Gasteiger partial charge in [-0.25, -0.2) is 0 Å². The van der Waals surface area contributed by atoms with Crippen LogP contribution in [0.5, 0.6) is 17.4 Å². The number of benzene rings is 2.